The predicted molar refractivity (Wildman–Crippen MR) is 56.5 cm³/mol. The molecule has 1 aromatic carbocycles. The van der Waals surface area contributed by atoms with E-state index in [1.54, 1.807) is 18.2 Å². The van der Waals surface area contributed by atoms with Crippen molar-refractivity contribution in [2.45, 2.75) is 6.54 Å². The van der Waals surface area contributed by atoms with Crippen LogP contribution in [0.4, 0.5) is 0 Å². The van der Waals surface area contributed by atoms with Crippen LogP contribution in [0.15, 0.2) is 23.0 Å². The lowest BCUT2D eigenvalue weighted by Crippen LogP contribution is -2.18. The first-order valence-corrected chi connectivity index (χ1v) is 4.96. The smallest absolute Gasteiger partial charge is 0.299 e. The molecule has 0 fully saturated rings. The number of nitrogens with zero attached hydrogens (tertiary/aromatic N) is 2. The second kappa shape index (κ2) is 2.97. The van der Waals surface area contributed by atoms with E-state index in [9.17, 15) is 4.79 Å². The molecule has 76 valence electrons. The second-order valence-corrected chi connectivity index (χ2v) is 3.80. The molecular weight excluding hydrogens is 216 g/mol. The summed E-state index contributed by atoms with van der Waals surface area (Å²) in [4.78, 5) is 16.2. The average molecular weight is 223 g/mol. The zero-order valence-electron chi connectivity index (χ0n) is 7.74. The zero-order chi connectivity index (χ0) is 10.4. The first kappa shape index (κ1) is 8.73. The maximum atomic E-state index is 11.9. The van der Waals surface area contributed by atoms with E-state index >= 15 is 0 Å². The van der Waals surface area contributed by atoms with Crippen LogP contribution in [0.3, 0.4) is 0 Å². The maximum Gasteiger partial charge on any atom is 0.299 e. The van der Waals surface area contributed by atoms with Gasteiger partial charge in [-0.1, -0.05) is 11.6 Å². The first-order chi connectivity index (χ1) is 7.25. The van der Waals surface area contributed by atoms with Gasteiger partial charge in [-0.3, -0.25) is 9.36 Å². The van der Waals surface area contributed by atoms with Gasteiger partial charge < -0.3 is 4.74 Å². The summed E-state index contributed by atoms with van der Waals surface area (Å²) in [5.74, 6) is 0. The van der Waals surface area contributed by atoms with Gasteiger partial charge in [0, 0.05) is 5.02 Å². The molecule has 0 bridgehead atoms. The van der Waals surface area contributed by atoms with Crippen LogP contribution < -0.4 is 10.3 Å². The number of benzene rings is 1. The van der Waals surface area contributed by atoms with Gasteiger partial charge in [-0.25, -0.2) is 0 Å². The number of rotatable bonds is 0. The molecule has 0 unspecified atom stereocenters. The fraction of sp³-hybridized carbons (Fsp3) is 0.200. The lowest BCUT2D eigenvalue weighted by Gasteiger charge is -2.02. The lowest BCUT2D eigenvalue weighted by molar-refractivity contribution is 0.345. The van der Waals surface area contributed by atoms with E-state index in [4.69, 9.17) is 16.3 Å². The Morgan fingerprint density at radius 1 is 1.47 bits per heavy atom. The van der Waals surface area contributed by atoms with Gasteiger partial charge in [0.25, 0.3) is 11.6 Å². The Morgan fingerprint density at radius 3 is 3.20 bits per heavy atom. The van der Waals surface area contributed by atoms with E-state index in [0.29, 0.717) is 35.1 Å². The molecule has 1 aliphatic rings. The predicted octanol–water partition coefficient (Wildman–Crippen LogP) is 1.44. The van der Waals surface area contributed by atoms with Crippen molar-refractivity contribution in [2.75, 3.05) is 6.61 Å². The highest BCUT2D eigenvalue weighted by atomic mass is 35.5. The SMILES string of the molecule is O=c1c2ccc(Cl)cc2nc2n1CCO2. The fourth-order valence-corrected chi connectivity index (χ4v) is 1.88. The molecule has 0 spiro atoms. The molecule has 0 aliphatic carbocycles. The van der Waals surface area contributed by atoms with Crippen molar-refractivity contribution in [3.63, 3.8) is 0 Å². The van der Waals surface area contributed by atoms with Gasteiger partial charge in [0.2, 0.25) is 0 Å². The Morgan fingerprint density at radius 2 is 2.33 bits per heavy atom. The third-order valence-corrected chi connectivity index (χ3v) is 2.66. The van der Waals surface area contributed by atoms with Crippen LogP contribution in [0.25, 0.3) is 10.9 Å². The van der Waals surface area contributed by atoms with Crippen molar-refractivity contribution in [1.29, 1.82) is 0 Å². The van der Waals surface area contributed by atoms with Crippen LogP contribution in [0, 0.1) is 0 Å². The Bertz CT molecular complexity index is 606. The highest BCUT2D eigenvalue weighted by Gasteiger charge is 2.16. The molecule has 2 heterocycles. The normalized spacial score (nSPS) is 13.9. The molecule has 0 amide bonds. The second-order valence-electron chi connectivity index (χ2n) is 3.36. The first-order valence-electron chi connectivity index (χ1n) is 4.58. The van der Waals surface area contributed by atoms with Crippen molar-refractivity contribution < 1.29 is 4.74 Å². The van der Waals surface area contributed by atoms with Gasteiger partial charge in [0.15, 0.2) is 0 Å². The average Bonchev–Trinajstić information content (AvgIpc) is 2.65. The van der Waals surface area contributed by atoms with Gasteiger partial charge in [-0.2, -0.15) is 4.98 Å². The summed E-state index contributed by atoms with van der Waals surface area (Å²) in [6.07, 6.45) is 0. The molecule has 1 aromatic heterocycles. The fourth-order valence-electron chi connectivity index (χ4n) is 1.71. The van der Waals surface area contributed by atoms with Crippen LogP contribution in [-0.2, 0) is 6.54 Å². The number of hydrogen-bond acceptors (Lipinski definition) is 3. The largest absolute Gasteiger partial charge is 0.463 e. The quantitative estimate of drug-likeness (QED) is 0.678. The lowest BCUT2D eigenvalue weighted by atomic mass is 10.2. The van der Waals surface area contributed by atoms with Crippen molar-refractivity contribution in [2.24, 2.45) is 0 Å². The van der Waals surface area contributed by atoms with Gasteiger partial charge in [0.1, 0.15) is 6.61 Å². The summed E-state index contributed by atoms with van der Waals surface area (Å²) in [5, 5.41) is 1.14. The Labute approximate surface area is 90.1 Å². The monoisotopic (exact) mass is 222 g/mol. The van der Waals surface area contributed by atoms with Gasteiger partial charge in [-0.05, 0) is 18.2 Å². The van der Waals surface area contributed by atoms with E-state index in [1.165, 1.54) is 4.57 Å². The van der Waals surface area contributed by atoms with Gasteiger partial charge >= 0.3 is 0 Å². The third-order valence-electron chi connectivity index (χ3n) is 2.43. The number of aromatic nitrogens is 2. The van der Waals surface area contributed by atoms with Gasteiger partial charge in [0.05, 0.1) is 17.4 Å². The van der Waals surface area contributed by atoms with E-state index < -0.39 is 0 Å². The minimum atomic E-state index is -0.0656. The van der Waals surface area contributed by atoms with Crippen molar-refractivity contribution >= 4 is 22.5 Å². The summed E-state index contributed by atoms with van der Waals surface area (Å²) < 4.78 is 6.77. The molecule has 4 nitrogen and oxygen atoms in total. The van der Waals surface area contributed by atoms with Crippen molar-refractivity contribution in [3.05, 3.63) is 33.6 Å². The minimum absolute atomic E-state index is 0.0656. The van der Waals surface area contributed by atoms with E-state index in [1.807, 2.05) is 0 Å². The molecule has 5 heteroatoms. The molecule has 15 heavy (non-hydrogen) atoms. The van der Waals surface area contributed by atoms with Crippen LogP contribution in [0.1, 0.15) is 0 Å². The Kier molecular flexibility index (Phi) is 1.73. The van der Waals surface area contributed by atoms with E-state index in [-0.39, 0.29) is 5.56 Å². The molecule has 0 N–H and O–H groups in total. The molecule has 0 saturated heterocycles. The molecule has 3 rings (SSSR count). The molecule has 0 saturated carbocycles. The summed E-state index contributed by atoms with van der Waals surface area (Å²) >= 11 is 5.83. The van der Waals surface area contributed by atoms with Crippen LogP contribution in [0.5, 0.6) is 6.01 Å². The molecule has 0 atom stereocenters. The topological polar surface area (TPSA) is 44.1 Å². The van der Waals surface area contributed by atoms with Gasteiger partial charge in [-0.15, -0.1) is 0 Å². The number of halogens is 1. The van der Waals surface area contributed by atoms with Crippen LogP contribution in [-0.4, -0.2) is 16.2 Å². The van der Waals surface area contributed by atoms with E-state index in [2.05, 4.69) is 4.98 Å². The third kappa shape index (κ3) is 1.22. The summed E-state index contributed by atoms with van der Waals surface area (Å²) in [6.45, 7) is 1.08. The Balaban J connectivity index is 2.46. The highest BCUT2D eigenvalue weighted by molar-refractivity contribution is 6.31. The molecular formula is C10H7ClN2O2. The minimum Gasteiger partial charge on any atom is -0.463 e. The Hall–Kier alpha value is -1.55. The van der Waals surface area contributed by atoms with Crippen LogP contribution in [0.2, 0.25) is 5.02 Å². The number of ether oxygens (including phenoxy) is 1. The summed E-state index contributed by atoms with van der Waals surface area (Å²) in [6, 6.07) is 5.43. The number of fused-ring (bicyclic) bond motifs is 2. The highest BCUT2D eigenvalue weighted by Crippen LogP contribution is 2.19. The van der Waals surface area contributed by atoms with Crippen molar-refractivity contribution in [3.8, 4) is 6.01 Å². The standard InChI is InChI=1S/C10H7ClN2O2/c11-6-1-2-7-8(5-6)12-10-13(9(7)14)3-4-15-10/h1-2,5H,3-4H2. The zero-order valence-corrected chi connectivity index (χ0v) is 8.49. The maximum absolute atomic E-state index is 11.9. The molecule has 2 aromatic rings. The van der Waals surface area contributed by atoms with E-state index in [0.717, 1.165) is 0 Å². The number of hydrogen-bond donors (Lipinski definition) is 0. The summed E-state index contributed by atoms with van der Waals surface area (Å²) in [5.41, 5.74) is 0.518. The molecule has 1 aliphatic heterocycles. The van der Waals surface area contributed by atoms with Crippen molar-refractivity contribution in [1.82, 2.24) is 9.55 Å². The van der Waals surface area contributed by atoms with Crippen LogP contribution >= 0.6 is 11.6 Å². The summed E-state index contributed by atoms with van der Waals surface area (Å²) in [7, 11) is 0. The molecule has 0 radical (unpaired) electrons.